The van der Waals surface area contributed by atoms with Crippen LogP contribution in [0, 0.1) is 0 Å². The number of rotatable bonds is 2. The van der Waals surface area contributed by atoms with Gasteiger partial charge in [-0.1, -0.05) is 18.7 Å². The fourth-order valence-corrected chi connectivity index (χ4v) is 3.88. The first-order chi connectivity index (χ1) is 5.29. The molecule has 4 heteroatoms. The van der Waals surface area contributed by atoms with E-state index < -0.39 is 0 Å². The van der Waals surface area contributed by atoms with Gasteiger partial charge in [-0.05, 0) is 25.6 Å². The highest BCUT2D eigenvalue weighted by Crippen LogP contribution is 2.25. The van der Waals surface area contributed by atoms with E-state index in [-0.39, 0.29) is 24.0 Å². The van der Waals surface area contributed by atoms with E-state index in [0.29, 0.717) is 0 Å². The zero-order valence-corrected chi connectivity index (χ0v) is 11.6. The van der Waals surface area contributed by atoms with Gasteiger partial charge in [0.05, 0.1) is 5.75 Å². The van der Waals surface area contributed by atoms with Crippen molar-refractivity contribution in [3.8, 4) is 0 Å². The van der Waals surface area contributed by atoms with Crippen LogP contribution < -0.4 is 24.0 Å². The van der Waals surface area contributed by atoms with Crippen molar-refractivity contribution in [2.24, 2.45) is 0 Å². The average molecular weight is 317 g/mol. The minimum atomic E-state index is 0. The molecule has 0 radical (unpaired) electrons. The Hall–Kier alpha value is 1.10. The van der Waals surface area contributed by atoms with E-state index in [0.717, 1.165) is 12.6 Å². The lowest BCUT2D eigenvalue weighted by atomic mass is 10.4. The van der Waals surface area contributed by atoms with Gasteiger partial charge < -0.3 is 24.0 Å². The van der Waals surface area contributed by atoms with Crippen molar-refractivity contribution in [3.05, 3.63) is 0 Å². The highest BCUT2D eigenvalue weighted by Gasteiger charge is 2.28. The van der Waals surface area contributed by atoms with Gasteiger partial charge in [0, 0.05) is 5.75 Å². The second-order valence-electron chi connectivity index (χ2n) is 2.64. The quantitative estimate of drug-likeness (QED) is 0.488. The lowest BCUT2D eigenvalue weighted by Crippen LogP contribution is -3.00. The van der Waals surface area contributed by atoms with Crippen molar-refractivity contribution < 1.29 is 28.6 Å². The molecule has 0 fully saturated rings. The standard InChI is InChI=1S/C8H16NS2.HI/c1-4-9-7(3)6-11-8(9)10-5-2;/h7H,4-6H2,1-3H3;1H/q+1;/p-1. The SMILES string of the molecule is CCSC1=[N+](CC)C(C)CS1.[I-]. The molecule has 12 heavy (non-hydrogen) atoms. The van der Waals surface area contributed by atoms with Gasteiger partial charge in [-0.25, -0.2) is 4.58 Å². The molecule has 0 aromatic rings. The van der Waals surface area contributed by atoms with Gasteiger partial charge in [-0.3, -0.25) is 0 Å². The molecule has 1 heterocycles. The third kappa shape index (κ3) is 3.10. The van der Waals surface area contributed by atoms with Crippen LogP contribution in [-0.4, -0.2) is 33.0 Å². The third-order valence-electron chi connectivity index (χ3n) is 1.82. The van der Waals surface area contributed by atoms with Gasteiger partial charge in [0.15, 0.2) is 6.04 Å². The lowest BCUT2D eigenvalue weighted by molar-refractivity contribution is -0.546. The molecule has 1 nitrogen and oxygen atoms in total. The van der Waals surface area contributed by atoms with Crippen LogP contribution in [0.3, 0.4) is 0 Å². The zero-order chi connectivity index (χ0) is 8.27. The summed E-state index contributed by atoms with van der Waals surface area (Å²) in [5.41, 5.74) is 0. The Bertz CT molecular complexity index is 170. The summed E-state index contributed by atoms with van der Waals surface area (Å²) in [6, 6.07) is 0.749. The molecule has 0 saturated carbocycles. The Kier molecular flexibility index (Phi) is 7.14. The van der Waals surface area contributed by atoms with Crippen molar-refractivity contribution in [2.45, 2.75) is 26.8 Å². The molecule has 72 valence electrons. The molecule has 1 rings (SSSR count). The van der Waals surface area contributed by atoms with Crippen LogP contribution in [0.5, 0.6) is 0 Å². The second kappa shape index (κ2) is 6.54. The Morgan fingerprint density at radius 1 is 1.58 bits per heavy atom. The summed E-state index contributed by atoms with van der Waals surface area (Å²) >= 11 is 3.99. The van der Waals surface area contributed by atoms with Gasteiger partial charge in [0.2, 0.25) is 0 Å². The number of hydrogen-bond donors (Lipinski definition) is 0. The molecular weight excluding hydrogens is 301 g/mol. The molecule has 0 aliphatic carbocycles. The van der Waals surface area contributed by atoms with Crippen LogP contribution in [0.4, 0.5) is 0 Å². The molecule has 0 bridgehead atoms. The second-order valence-corrected chi connectivity index (χ2v) is 5.16. The van der Waals surface area contributed by atoms with Crippen LogP contribution in [0.15, 0.2) is 0 Å². The predicted molar refractivity (Wildman–Crippen MR) is 55.9 cm³/mol. The Morgan fingerprint density at radius 2 is 2.25 bits per heavy atom. The minimum absolute atomic E-state index is 0. The number of halogens is 1. The van der Waals surface area contributed by atoms with Crippen LogP contribution in [0.2, 0.25) is 0 Å². The average Bonchev–Trinajstić information content (AvgIpc) is 2.33. The first-order valence-corrected chi connectivity index (χ1v) is 6.15. The molecule has 0 aromatic heterocycles. The minimum Gasteiger partial charge on any atom is -1.00 e. The first-order valence-electron chi connectivity index (χ1n) is 4.18. The van der Waals surface area contributed by atoms with Gasteiger partial charge in [-0.15, -0.1) is 0 Å². The third-order valence-corrected chi connectivity index (χ3v) is 4.43. The Morgan fingerprint density at radius 3 is 2.75 bits per heavy atom. The van der Waals surface area contributed by atoms with Crippen LogP contribution >= 0.6 is 23.5 Å². The Balaban J connectivity index is 0.00000121. The summed E-state index contributed by atoms with van der Waals surface area (Å²) in [4.78, 5) is 0. The summed E-state index contributed by atoms with van der Waals surface area (Å²) in [5.74, 6) is 2.47. The van der Waals surface area contributed by atoms with Crippen molar-refractivity contribution >= 4 is 27.9 Å². The lowest BCUT2D eigenvalue weighted by Gasteiger charge is -2.01. The van der Waals surface area contributed by atoms with E-state index in [1.807, 2.05) is 23.5 Å². The van der Waals surface area contributed by atoms with E-state index in [1.165, 1.54) is 15.9 Å². The Labute approximate surface area is 101 Å². The first kappa shape index (κ1) is 13.1. The van der Waals surface area contributed by atoms with Crippen molar-refractivity contribution in [2.75, 3.05) is 18.1 Å². The monoisotopic (exact) mass is 317 g/mol. The number of thioether (sulfide) groups is 2. The van der Waals surface area contributed by atoms with Crippen molar-refractivity contribution in [3.63, 3.8) is 0 Å². The summed E-state index contributed by atoms with van der Waals surface area (Å²) in [6.45, 7) is 7.92. The molecular formula is C8H16INS2. The highest BCUT2D eigenvalue weighted by atomic mass is 127. The van der Waals surface area contributed by atoms with E-state index in [2.05, 4.69) is 25.3 Å². The molecule has 0 saturated heterocycles. The van der Waals surface area contributed by atoms with Crippen LogP contribution in [0.25, 0.3) is 0 Å². The molecule has 0 aromatic carbocycles. The molecule has 1 atom stereocenters. The predicted octanol–water partition coefficient (Wildman–Crippen LogP) is -0.733. The normalized spacial score (nSPS) is 22.8. The summed E-state index contributed by atoms with van der Waals surface area (Å²) in [7, 11) is 0. The maximum absolute atomic E-state index is 2.50. The molecule has 1 aliphatic rings. The topological polar surface area (TPSA) is 3.01 Å². The van der Waals surface area contributed by atoms with E-state index in [9.17, 15) is 0 Å². The van der Waals surface area contributed by atoms with Gasteiger partial charge in [0.25, 0.3) is 4.38 Å². The summed E-state index contributed by atoms with van der Waals surface area (Å²) in [5, 5.41) is 0. The maximum atomic E-state index is 2.50. The molecule has 0 spiro atoms. The van der Waals surface area contributed by atoms with E-state index >= 15 is 0 Å². The largest absolute Gasteiger partial charge is 1.00 e. The fraction of sp³-hybridized carbons (Fsp3) is 0.875. The van der Waals surface area contributed by atoms with Gasteiger partial charge in [0.1, 0.15) is 6.54 Å². The van der Waals surface area contributed by atoms with Crippen molar-refractivity contribution in [1.82, 2.24) is 0 Å². The summed E-state index contributed by atoms with van der Waals surface area (Å²) < 4.78 is 4.03. The molecule has 1 aliphatic heterocycles. The van der Waals surface area contributed by atoms with Gasteiger partial charge >= 0.3 is 0 Å². The van der Waals surface area contributed by atoms with Crippen LogP contribution in [-0.2, 0) is 0 Å². The maximum Gasteiger partial charge on any atom is 0.270 e. The smallest absolute Gasteiger partial charge is 0.270 e. The summed E-state index contributed by atoms with van der Waals surface area (Å²) in [6.07, 6.45) is 0. The number of hydrogen-bond acceptors (Lipinski definition) is 2. The number of nitrogens with zero attached hydrogens (tertiary/aromatic N) is 1. The van der Waals surface area contributed by atoms with E-state index in [4.69, 9.17) is 0 Å². The highest BCUT2D eigenvalue weighted by molar-refractivity contribution is 8.38. The zero-order valence-electron chi connectivity index (χ0n) is 7.84. The van der Waals surface area contributed by atoms with Crippen molar-refractivity contribution in [1.29, 1.82) is 0 Å². The molecule has 1 unspecified atom stereocenters. The fourth-order valence-electron chi connectivity index (χ4n) is 1.23. The van der Waals surface area contributed by atoms with Gasteiger partial charge in [-0.2, -0.15) is 0 Å². The van der Waals surface area contributed by atoms with E-state index in [1.54, 1.807) is 0 Å². The molecule has 0 N–H and O–H groups in total. The van der Waals surface area contributed by atoms with Crippen LogP contribution in [0.1, 0.15) is 20.8 Å². The molecule has 0 amide bonds.